The number of aryl methyl sites for hydroxylation is 1. The molecule has 112 valence electrons. The fraction of sp³-hybridized carbons (Fsp3) is 0.733. The lowest BCUT2D eigenvalue weighted by Gasteiger charge is -2.23. The lowest BCUT2D eigenvalue weighted by Crippen LogP contribution is -2.27. The van der Waals surface area contributed by atoms with E-state index in [0.29, 0.717) is 12.5 Å². The van der Waals surface area contributed by atoms with Gasteiger partial charge in [0.2, 0.25) is 0 Å². The maximum atomic E-state index is 9.74. The third kappa shape index (κ3) is 2.79. The Morgan fingerprint density at radius 3 is 2.55 bits per heavy atom. The zero-order valence-corrected chi connectivity index (χ0v) is 12.8. The second-order valence-corrected chi connectivity index (χ2v) is 5.57. The van der Waals surface area contributed by atoms with Gasteiger partial charge in [0.25, 0.3) is 0 Å². The second-order valence-electron chi connectivity index (χ2n) is 5.57. The van der Waals surface area contributed by atoms with E-state index in [2.05, 4.69) is 28.9 Å². The van der Waals surface area contributed by atoms with Crippen LogP contribution in [-0.2, 0) is 19.4 Å². The SMILES string of the molecule is CCc1nnc(N2CCC(C(C)O)C2)c(CN)c1CC. The van der Waals surface area contributed by atoms with Crippen LogP contribution >= 0.6 is 0 Å². The molecular formula is C15H26N4O. The van der Waals surface area contributed by atoms with Crippen molar-refractivity contribution in [2.75, 3.05) is 18.0 Å². The smallest absolute Gasteiger partial charge is 0.156 e. The molecule has 1 aliphatic rings. The maximum Gasteiger partial charge on any atom is 0.156 e. The molecule has 2 heterocycles. The fourth-order valence-corrected chi connectivity index (χ4v) is 3.08. The Balaban J connectivity index is 2.33. The van der Waals surface area contributed by atoms with Gasteiger partial charge in [0.1, 0.15) is 0 Å². The van der Waals surface area contributed by atoms with E-state index in [4.69, 9.17) is 5.73 Å². The molecule has 0 saturated carbocycles. The van der Waals surface area contributed by atoms with E-state index in [0.717, 1.165) is 49.4 Å². The van der Waals surface area contributed by atoms with Gasteiger partial charge in [-0.3, -0.25) is 0 Å². The summed E-state index contributed by atoms with van der Waals surface area (Å²) in [6.07, 6.45) is 2.56. The largest absolute Gasteiger partial charge is 0.393 e. The zero-order chi connectivity index (χ0) is 14.7. The quantitative estimate of drug-likeness (QED) is 0.848. The molecule has 20 heavy (non-hydrogen) atoms. The van der Waals surface area contributed by atoms with E-state index >= 15 is 0 Å². The van der Waals surface area contributed by atoms with Crippen LogP contribution in [0, 0.1) is 5.92 Å². The van der Waals surface area contributed by atoms with E-state index in [1.807, 2.05) is 6.92 Å². The molecule has 1 aliphatic heterocycles. The second kappa shape index (κ2) is 6.50. The van der Waals surface area contributed by atoms with Gasteiger partial charge in [0.15, 0.2) is 5.82 Å². The Morgan fingerprint density at radius 1 is 1.30 bits per heavy atom. The van der Waals surface area contributed by atoms with E-state index in [1.165, 1.54) is 5.56 Å². The van der Waals surface area contributed by atoms with E-state index < -0.39 is 0 Å². The van der Waals surface area contributed by atoms with Crippen LogP contribution in [0.4, 0.5) is 5.82 Å². The molecule has 0 amide bonds. The monoisotopic (exact) mass is 278 g/mol. The summed E-state index contributed by atoms with van der Waals surface area (Å²) in [6, 6.07) is 0. The third-order valence-electron chi connectivity index (χ3n) is 4.35. The molecule has 1 aromatic heterocycles. The predicted octanol–water partition coefficient (Wildman–Crippen LogP) is 1.27. The minimum Gasteiger partial charge on any atom is -0.393 e. The molecule has 2 unspecified atom stereocenters. The Hall–Kier alpha value is -1.20. The Labute approximate surface area is 121 Å². The highest BCUT2D eigenvalue weighted by atomic mass is 16.3. The summed E-state index contributed by atoms with van der Waals surface area (Å²) in [7, 11) is 0. The molecule has 5 nitrogen and oxygen atoms in total. The van der Waals surface area contributed by atoms with Crippen molar-refractivity contribution in [1.82, 2.24) is 10.2 Å². The van der Waals surface area contributed by atoms with Crippen LogP contribution in [0.1, 0.15) is 44.0 Å². The molecule has 0 bridgehead atoms. The van der Waals surface area contributed by atoms with Crippen molar-refractivity contribution in [2.45, 2.75) is 52.7 Å². The number of nitrogens with two attached hydrogens (primary N) is 1. The average molecular weight is 278 g/mol. The number of aliphatic hydroxyl groups is 1. The van der Waals surface area contributed by atoms with Crippen molar-refractivity contribution in [3.05, 3.63) is 16.8 Å². The van der Waals surface area contributed by atoms with Crippen LogP contribution < -0.4 is 10.6 Å². The predicted molar refractivity (Wildman–Crippen MR) is 80.7 cm³/mol. The van der Waals surface area contributed by atoms with Gasteiger partial charge in [0.05, 0.1) is 11.8 Å². The molecule has 0 spiro atoms. The Bertz CT molecular complexity index is 461. The van der Waals surface area contributed by atoms with Gasteiger partial charge in [-0.2, -0.15) is 5.10 Å². The summed E-state index contributed by atoms with van der Waals surface area (Å²) in [5.41, 5.74) is 9.41. The molecular weight excluding hydrogens is 252 g/mol. The summed E-state index contributed by atoms with van der Waals surface area (Å²) in [5, 5.41) is 18.5. The van der Waals surface area contributed by atoms with Crippen LogP contribution in [0.25, 0.3) is 0 Å². The van der Waals surface area contributed by atoms with Crippen molar-refractivity contribution >= 4 is 5.82 Å². The highest BCUT2D eigenvalue weighted by molar-refractivity contribution is 5.52. The van der Waals surface area contributed by atoms with Gasteiger partial charge < -0.3 is 15.7 Å². The number of anilines is 1. The first kappa shape index (κ1) is 15.2. The minimum atomic E-state index is -0.269. The molecule has 0 radical (unpaired) electrons. The summed E-state index contributed by atoms with van der Waals surface area (Å²) in [6.45, 7) is 8.36. The normalized spacial score (nSPS) is 20.4. The number of hydrogen-bond donors (Lipinski definition) is 2. The van der Waals surface area contributed by atoms with E-state index in [1.54, 1.807) is 0 Å². The van der Waals surface area contributed by atoms with Crippen LogP contribution in [-0.4, -0.2) is 34.5 Å². The van der Waals surface area contributed by atoms with Crippen LogP contribution in [0.5, 0.6) is 0 Å². The average Bonchev–Trinajstić information content (AvgIpc) is 2.95. The standard InChI is InChI=1S/C15H26N4O/c1-4-12-13(8-16)15(18-17-14(12)5-2)19-7-6-11(9-19)10(3)20/h10-11,20H,4-9,16H2,1-3H3. The highest BCUT2D eigenvalue weighted by Crippen LogP contribution is 2.29. The first-order chi connectivity index (χ1) is 9.62. The fourth-order valence-electron chi connectivity index (χ4n) is 3.08. The van der Waals surface area contributed by atoms with E-state index in [-0.39, 0.29) is 6.10 Å². The van der Waals surface area contributed by atoms with Crippen LogP contribution in [0.15, 0.2) is 0 Å². The first-order valence-electron chi connectivity index (χ1n) is 7.62. The lowest BCUT2D eigenvalue weighted by atomic mass is 10.0. The molecule has 1 aromatic rings. The van der Waals surface area contributed by atoms with Crippen LogP contribution in [0.3, 0.4) is 0 Å². The lowest BCUT2D eigenvalue weighted by molar-refractivity contribution is 0.136. The minimum absolute atomic E-state index is 0.269. The summed E-state index contributed by atoms with van der Waals surface area (Å²) in [5.74, 6) is 1.24. The van der Waals surface area contributed by atoms with Gasteiger partial charge in [-0.1, -0.05) is 13.8 Å². The Kier molecular flexibility index (Phi) is 4.94. The molecule has 2 atom stereocenters. The molecule has 2 rings (SSSR count). The number of nitrogens with zero attached hydrogens (tertiary/aromatic N) is 3. The first-order valence-corrected chi connectivity index (χ1v) is 7.62. The molecule has 5 heteroatoms. The third-order valence-corrected chi connectivity index (χ3v) is 4.35. The van der Waals surface area contributed by atoms with Crippen molar-refractivity contribution in [3.8, 4) is 0 Å². The van der Waals surface area contributed by atoms with Crippen LogP contribution in [0.2, 0.25) is 0 Å². The maximum absolute atomic E-state index is 9.74. The zero-order valence-electron chi connectivity index (χ0n) is 12.8. The number of hydrogen-bond acceptors (Lipinski definition) is 5. The van der Waals surface area contributed by atoms with Gasteiger partial charge >= 0.3 is 0 Å². The number of aliphatic hydroxyl groups excluding tert-OH is 1. The molecule has 3 N–H and O–H groups in total. The molecule has 0 aliphatic carbocycles. The molecule has 1 fully saturated rings. The molecule has 1 saturated heterocycles. The van der Waals surface area contributed by atoms with Gasteiger partial charge in [-0.15, -0.1) is 5.10 Å². The van der Waals surface area contributed by atoms with Crippen molar-refractivity contribution in [3.63, 3.8) is 0 Å². The van der Waals surface area contributed by atoms with Crippen molar-refractivity contribution in [2.24, 2.45) is 11.7 Å². The van der Waals surface area contributed by atoms with Gasteiger partial charge in [-0.25, -0.2) is 0 Å². The van der Waals surface area contributed by atoms with Crippen molar-refractivity contribution in [1.29, 1.82) is 0 Å². The van der Waals surface area contributed by atoms with Gasteiger partial charge in [0, 0.05) is 31.1 Å². The Morgan fingerprint density at radius 2 is 2.05 bits per heavy atom. The topological polar surface area (TPSA) is 75.3 Å². The number of aromatic nitrogens is 2. The van der Waals surface area contributed by atoms with Crippen molar-refractivity contribution < 1.29 is 5.11 Å². The van der Waals surface area contributed by atoms with Gasteiger partial charge in [-0.05, 0) is 31.7 Å². The molecule has 0 aromatic carbocycles. The summed E-state index contributed by atoms with van der Waals surface area (Å²) < 4.78 is 0. The van der Waals surface area contributed by atoms with E-state index in [9.17, 15) is 5.11 Å². The highest BCUT2D eigenvalue weighted by Gasteiger charge is 2.29. The number of rotatable bonds is 5. The summed E-state index contributed by atoms with van der Waals surface area (Å²) in [4.78, 5) is 2.23. The summed E-state index contributed by atoms with van der Waals surface area (Å²) >= 11 is 0.